The number of anilines is 2. The normalized spacial score (nSPS) is 10.3. The lowest BCUT2D eigenvalue weighted by Crippen LogP contribution is -2.08. The van der Waals surface area contributed by atoms with E-state index in [0.717, 1.165) is 5.69 Å². The third-order valence-corrected chi connectivity index (χ3v) is 2.84. The van der Waals surface area contributed by atoms with Gasteiger partial charge in [0.25, 0.3) is 0 Å². The second kappa shape index (κ2) is 5.61. The first-order chi connectivity index (χ1) is 9.08. The maximum atomic E-state index is 13.7. The van der Waals surface area contributed by atoms with E-state index >= 15 is 0 Å². The summed E-state index contributed by atoms with van der Waals surface area (Å²) in [5.41, 5.74) is 7.14. The number of hydrogen-bond acceptors (Lipinski definition) is 3. The van der Waals surface area contributed by atoms with Crippen LogP contribution in [0.4, 0.5) is 15.8 Å². The molecule has 0 atom stereocenters. The van der Waals surface area contributed by atoms with Crippen molar-refractivity contribution in [1.29, 1.82) is 0 Å². The minimum atomic E-state index is -0.411. The van der Waals surface area contributed by atoms with E-state index in [4.69, 9.17) is 10.5 Å². The van der Waals surface area contributed by atoms with E-state index in [2.05, 4.69) is 0 Å². The van der Waals surface area contributed by atoms with Crippen LogP contribution >= 0.6 is 0 Å². The Bertz CT molecular complexity index is 570. The quantitative estimate of drug-likeness (QED) is 0.859. The molecular weight excluding hydrogens is 243 g/mol. The van der Waals surface area contributed by atoms with Crippen molar-refractivity contribution in [3.8, 4) is 5.75 Å². The van der Waals surface area contributed by atoms with Crippen LogP contribution in [0.2, 0.25) is 0 Å². The molecule has 0 saturated heterocycles. The average Bonchev–Trinajstić information content (AvgIpc) is 2.41. The summed E-state index contributed by atoms with van der Waals surface area (Å²) in [7, 11) is 3.91. The van der Waals surface area contributed by atoms with Gasteiger partial charge in [-0.2, -0.15) is 0 Å². The fourth-order valence-electron chi connectivity index (χ4n) is 1.72. The van der Waals surface area contributed by atoms with E-state index < -0.39 is 5.82 Å². The standard InChI is InChI=1S/C15H17FN2O/c1-18(2)12-6-4-7-13(9-12)19-10-11-5-3-8-14(17)15(11)16/h3-9H,10,17H2,1-2H3. The average molecular weight is 260 g/mol. The van der Waals surface area contributed by atoms with Gasteiger partial charge >= 0.3 is 0 Å². The molecule has 0 aliphatic heterocycles. The van der Waals surface area contributed by atoms with E-state index in [0.29, 0.717) is 11.3 Å². The molecule has 0 fully saturated rings. The zero-order valence-corrected chi connectivity index (χ0v) is 11.1. The fraction of sp³-hybridized carbons (Fsp3) is 0.200. The molecule has 19 heavy (non-hydrogen) atoms. The highest BCUT2D eigenvalue weighted by Gasteiger charge is 2.06. The van der Waals surface area contributed by atoms with Crippen molar-refractivity contribution in [3.63, 3.8) is 0 Å². The molecule has 4 heteroatoms. The van der Waals surface area contributed by atoms with Gasteiger partial charge in [0.05, 0.1) is 5.69 Å². The van der Waals surface area contributed by atoms with Gasteiger partial charge in [0.2, 0.25) is 0 Å². The molecular formula is C15H17FN2O. The highest BCUT2D eigenvalue weighted by molar-refractivity contribution is 5.49. The lowest BCUT2D eigenvalue weighted by atomic mass is 10.2. The number of rotatable bonds is 4. The number of nitrogens with zero attached hydrogens (tertiary/aromatic N) is 1. The number of halogens is 1. The number of benzene rings is 2. The first-order valence-electron chi connectivity index (χ1n) is 6.01. The van der Waals surface area contributed by atoms with Crippen LogP contribution in [0.25, 0.3) is 0 Å². The maximum absolute atomic E-state index is 13.7. The predicted octanol–water partition coefficient (Wildman–Crippen LogP) is 3.05. The Morgan fingerprint density at radius 1 is 1.16 bits per heavy atom. The largest absolute Gasteiger partial charge is 0.489 e. The van der Waals surface area contributed by atoms with Crippen LogP contribution in [-0.4, -0.2) is 14.1 Å². The van der Waals surface area contributed by atoms with Gasteiger partial charge in [-0.25, -0.2) is 4.39 Å². The van der Waals surface area contributed by atoms with Crippen molar-refractivity contribution in [3.05, 3.63) is 53.8 Å². The van der Waals surface area contributed by atoms with Crippen LogP contribution in [0.1, 0.15) is 5.56 Å². The molecule has 2 rings (SSSR count). The van der Waals surface area contributed by atoms with E-state index in [9.17, 15) is 4.39 Å². The predicted molar refractivity (Wildman–Crippen MR) is 75.9 cm³/mol. The summed E-state index contributed by atoms with van der Waals surface area (Å²) in [4.78, 5) is 1.98. The molecule has 0 unspecified atom stereocenters. The van der Waals surface area contributed by atoms with Gasteiger partial charge in [0.15, 0.2) is 5.82 Å². The van der Waals surface area contributed by atoms with Crippen LogP contribution in [0, 0.1) is 5.82 Å². The van der Waals surface area contributed by atoms with Gasteiger partial charge in [0, 0.05) is 31.4 Å². The Hall–Kier alpha value is -2.23. The number of nitrogens with two attached hydrogens (primary N) is 1. The van der Waals surface area contributed by atoms with Crippen molar-refractivity contribution < 1.29 is 9.13 Å². The van der Waals surface area contributed by atoms with Crippen LogP contribution < -0.4 is 15.4 Å². The highest BCUT2D eigenvalue weighted by Crippen LogP contribution is 2.21. The Labute approximate surface area is 112 Å². The molecule has 2 N–H and O–H groups in total. The summed E-state index contributed by atoms with van der Waals surface area (Å²) in [5, 5.41) is 0. The van der Waals surface area contributed by atoms with Gasteiger partial charge in [-0.3, -0.25) is 0 Å². The Morgan fingerprint density at radius 2 is 1.89 bits per heavy atom. The molecule has 0 spiro atoms. The molecule has 2 aromatic rings. The fourth-order valence-corrected chi connectivity index (χ4v) is 1.72. The second-order valence-electron chi connectivity index (χ2n) is 4.50. The van der Waals surface area contributed by atoms with Gasteiger partial charge in [0.1, 0.15) is 12.4 Å². The molecule has 0 heterocycles. The summed E-state index contributed by atoms with van der Waals surface area (Å²) in [6.45, 7) is 0.160. The number of hydrogen-bond donors (Lipinski definition) is 1. The third-order valence-electron chi connectivity index (χ3n) is 2.84. The van der Waals surface area contributed by atoms with Gasteiger partial charge in [-0.05, 0) is 18.2 Å². The first kappa shape index (κ1) is 13.2. The summed E-state index contributed by atoms with van der Waals surface area (Å²) in [5.74, 6) is 0.291. The molecule has 0 bridgehead atoms. The summed E-state index contributed by atoms with van der Waals surface area (Å²) in [6, 6.07) is 12.6. The molecule has 2 aromatic carbocycles. The summed E-state index contributed by atoms with van der Waals surface area (Å²) < 4.78 is 19.3. The monoisotopic (exact) mass is 260 g/mol. The van der Waals surface area contributed by atoms with Crippen LogP contribution in [0.15, 0.2) is 42.5 Å². The Balaban J connectivity index is 2.10. The molecule has 100 valence electrons. The van der Waals surface area contributed by atoms with Crippen LogP contribution in [-0.2, 0) is 6.61 Å². The van der Waals surface area contributed by atoms with Crippen molar-refractivity contribution in [2.75, 3.05) is 24.7 Å². The maximum Gasteiger partial charge on any atom is 0.152 e. The van der Waals surface area contributed by atoms with E-state index in [1.54, 1.807) is 12.1 Å². The molecule has 0 saturated carbocycles. The number of nitrogen functional groups attached to an aromatic ring is 1. The van der Waals surface area contributed by atoms with Gasteiger partial charge in [-0.1, -0.05) is 18.2 Å². The lowest BCUT2D eigenvalue weighted by Gasteiger charge is -2.14. The molecule has 0 radical (unpaired) electrons. The smallest absolute Gasteiger partial charge is 0.152 e. The first-order valence-corrected chi connectivity index (χ1v) is 6.01. The Kier molecular flexibility index (Phi) is 3.90. The van der Waals surface area contributed by atoms with Crippen molar-refractivity contribution in [2.24, 2.45) is 0 Å². The Morgan fingerprint density at radius 3 is 2.63 bits per heavy atom. The zero-order valence-electron chi connectivity index (χ0n) is 11.1. The number of ether oxygens (including phenoxy) is 1. The van der Waals surface area contributed by atoms with Crippen LogP contribution in [0.3, 0.4) is 0 Å². The van der Waals surface area contributed by atoms with E-state index in [1.165, 1.54) is 6.07 Å². The minimum absolute atomic E-state index is 0.142. The molecule has 0 amide bonds. The van der Waals surface area contributed by atoms with E-state index in [1.807, 2.05) is 43.3 Å². The summed E-state index contributed by atoms with van der Waals surface area (Å²) >= 11 is 0. The SMILES string of the molecule is CN(C)c1cccc(OCc2cccc(N)c2F)c1. The lowest BCUT2D eigenvalue weighted by molar-refractivity contribution is 0.300. The highest BCUT2D eigenvalue weighted by atomic mass is 19.1. The van der Waals surface area contributed by atoms with Crippen molar-refractivity contribution in [2.45, 2.75) is 6.61 Å². The minimum Gasteiger partial charge on any atom is -0.489 e. The molecule has 0 aromatic heterocycles. The molecule has 0 aliphatic carbocycles. The molecule has 3 nitrogen and oxygen atoms in total. The van der Waals surface area contributed by atoms with Crippen molar-refractivity contribution >= 4 is 11.4 Å². The van der Waals surface area contributed by atoms with Crippen molar-refractivity contribution in [1.82, 2.24) is 0 Å². The second-order valence-corrected chi connectivity index (χ2v) is 4.50. The zero-order chi connectivity index (χ0) is 13.8. The third kappa shape index (κ3) is 3.16. The summed E-state index contributed by atoms with van der Waals surface area (Å²) in [6.07, 6.45) is 0. The van der Waals surface area contributed by atoms with E-state index in [-0.39, 0.29) is 12.3 Å². The topological polar surface area (TPSA) is 38.5 Å². The molecule has 0 aliphatic rings. The van der Waals surface area contributed by atoms with Gasteiger partial charge in [-0.15, -0.1) is 0 Å². The van der Waals surface area contributed by atoms with Crippen LogP contribution in [0.5, 0.6) is 5.75 Å². The van der Waals surface area contributed by atoms with Gasteiger partial charge < -0.3 is 15.4 Å².